The molecule has 0 aliphatic heterocycles. The van der Waals surface area contributed by atoms with Crippen molar-refractivity contribution in [2.75, 3.05) is 18.6 Å². The summed E-state index contributed by atoms with van der Waals surface area (Å²) in [6.07, 6.45) is 1.72. The summed E-state index contributed by atoms with van der Waals surface area (Å²) in [4.78, 5) is 0. The minimum absolute atomic E-state index is 0.262. The molecule has 1 unspecified atom stereocenters. The van der Waals surface area contributed by atoms with E-state index in [0.717, 1.165) is 12.8 Å². The zero-order valence-corrected chi connectivity index (χ0v) is 13.5. The number of hydrogen-bond donors (Lipinski definition) is 1. The minimum Gasteiger partial charge on any atom is -0.317 e. The second kappa shape index (κ2) is 5.12. The number of hydrogen-bond acceptors (Lipinski definition) is 3. The smallest absolute Gasteiger partial charge is 0.150 e. The maximum Gasteiger partial charge on any atom is 0.150 e. The standard InChI is InChI=1S/C14H29NO2S/c1-7-18(16,17)10-8-9-11(15-6)12-13(2,3)14(12,4)5/h11-12,15H,7-10H2,1-6H3. The first-order chi connectivity index (χ1) is 8.10. The highest BCUT2D eigenvalue weighted by atomic mass is 32.2. The van der Waals surface area contributed by atoms with Gasteiger partial charge in [-0.3, -0.25) is 0 Å². The topological polar surface area (TPSA) is 46.2 Å². The van der Waals surface area contributed by atoms with Crippen molar-refractivity contribution in [1.29, 1.82) is 0 Å². The van der Waals surface area contributed by atoms with E-state index < -0.39 is 9.84 Å². The summed E-state index contributed by atoms with van der Waals surface area (Å²) in [5, 5.41) is 3.38. The van der Waals surface area contributed by atoms with Gasteiger partial charge in [-0.25, -0.2) is 8.42 Å². The van der Waals surface area contributed by atoms with Gasteiger partial charge in [0.05, 0.1) is 5.75 Å². The number of sulfone groups is 1. The summed E-state index contributed by atoms with van der Waals surface area (Å²) < 4.78 is 23.0. The average molecular weight is 275 g/mol. The van der Waals surface area contributed by atoms with Gasteiger partial charge >= 0.3 is 0 Å². The molecule has 4 heteroatoms. The van der Waals surface area contributed by atoms with Gasteiger partial charge in [-0.05, 0) is 36.6 Å². The lowest BCUT2D eigenvalue weighted by Crippen LogP contribution is -2.30. The second-order valence-corrected chi connectivity index (χ2v) is 9.17. The van der Waals surface area contributed by atoms with E-state index in [4.69, 9.17) is 0 Å². The molecule has 0 heterocycles. The van der Waals surface area contributed by atoms with Crippen LogP contribution in [0.1, 0.15) is 47.5 Å². The third-order valence-corrected chi connectivity index (χ3v) is 7.11. The van der Waals surface area contributed by atoms with Crippen molar-refractivity contribution in [3.63, 3.8) is 0 Å². The lowest BCUT2D eigenvalue weighted by Gasteiger charge is -2.18. The largest absolute Gasteiger partial charge is 0.317 e. The molecule has 0 amide bonds. The Kier molecular flexibility index (Phi) is 4.54. The van der Waals surface area contributed by atoms with E-state index in [2.05, 4.69) is 33.0 Å². The lowest BCUT2D eigenvalue weighted by atomic mass is 10.0. The van der Waals surface area contributed by atoms with Crippen LogP contribution in [0, 0.1) is 16.7 Å². The van der Waals surface area contributed by atoms with Crippen molar-refractivity contribution < 1.29 is 8.42 Å². The predicted molar refractivity (Wildman–Crippen MR) is 77.5 cm³/mol. The van der Waals surface area contributed by atoms with Gasteiger partial charge < -0.3 is 5.32 Å². The van der Waals surface area contributed by atoms with Gasteiger partial charge in [-0.1, -0.05) is 34.6 Å². The highest BCUT2D eigenvalue weighted by Crippen LogP contribution is 2.69. The van der Waals surface area contributed by atoms with Gasteiger partial charge in [0.15, 0.2) is 0 Å². The van der Waals surface area contributed by atoms with Gasteiger partial charge in [0.1, 0.15) is 9.84 Å². The lowest BCUT2D eigenvalue weighted by molar-refractivity contribution is 0.397. The first-order valence-corrected chi connectivity index (χ1v) is 8.80. The predicted octanol–water partition coefficient (Wildman–Crippen LogP) is 2.47. The first kappa shape index (κ1) is 16.0. The van der Waals surface area contributed by atoms with E-state index in [1.54, 1.807) is 6.92 Å². The molecule has 1 fully saturated rings. The summed E-state index contributed by atoms with van der Waals surface area (Å²) in [5.74, 6) is 1.23. The Morgan fingerprint density at radius 1 is 1.17 bits per heavy atom. The molecule has 1 aliphatic carbocycles. The Morgan fingerprint density at radius 2 is 1.67 bits per heavy atom. The summed E-state index contributed by atoms with van der Waals surface area (Å²) in [5.41, 5.74) is 0.703. The first-order valence-electron chi connectivity index (χ1n) is 6.98. The van der Waals surface area contributed by atoms with E-state index >= 15 is 0 Å². The monoisotopic (exact) mass is 275 g/mol. The van der Waals surface area contributed by atoms with Gasteiger partial charge in [-0.2, -0.15) is 0 Å². The Labute approximate surface area is 113 Å². The molecule has 1 aliphatic rings. The van der Waals surface area contributed by atoms with Crippen molar-refractivity contribution in [2.45, 2.75) is 53.5 Å². The second-order valence-electron chi connectivity index (χ2n) is 6.69. The molecule has 1 N–H and O–H groups in total. The average Bonchev–Trinajstić information content (AvgIpc) is 2.66. The van der Waals surface area contributed by atoms with Gasteiger partial charge in [0, 0.05) is 11.8 Å². The van der Waals surface area contributed by atoms with E-state index in [1.165, 1.54) is 0 Å². The molecule has 0 aromatic rings. The van der Waals surface area contributed by atoms with E-state index in [9.17, 15) is 8.42 Å². The maximum atomic E-state index is 11.5. The maximum absolute atomic E-state index is 11.5. The van der Waals surface area contributed by atoms with Gasteiger partial charge in [0.2, 0.25) is 0 Å². The minimum atomic E-state index is -2.81. The zero-order valence-electron chi connectivity index (χ0n) is 12.7. The van der Waals surface area contributed by atoms with E-state index in [1.807, 2.05) is 7.05 Å². The van der Waals surface area contributed by atoms with Crippen molar-refractivity contribution in [3.05, 3.63) is 0 Å². The van der Waals surface area contributed by atoms with Crippen molar-refractivity contribution in [1.82, 2.24) is 5.32 Å². The molecule has 0 spiro atoms. The van der Waals surface area contributed by atoms with Crippen molar-refractivity contribution in [3.8, 4) is 0 Å². The normalized spacial score (nSPS) is 23.9. The fourth-order valence-electron chi connectivity index (χ4n) is 3.40. The van der Waals surface area contributed by atoms with Crippen LogP contribution in [0.5, 0.6) is 0 Å². The Hall–Kier alpha value is -0.0900. The molecule has 18 heavy (non-hydrogen) atoms. The van der Waals surface area contributed by atoms with Crippen LogP contribution < -0.4 is 5.32 Å². The SMILES string of the molecule is CCS(=O)(=O)CCCC(NC)C1C(C)(C)C1(C)C. The fraction of sp³-hybridized carbons (Fsp3) is 1.00. The molecule has 3 nitrogen and oxygen atoms in total. The molecule has 0 aromatic carbocycles. The summed E-state index contributed by atoms with van der Waals surface area (Å²) in [6, 6.07) is 0.432. The van der Waals surface area contributed by atoms with Crippen molar-refractivity contribution >= 4 is 9.84 Å². The fourth-order valence-corrected chi connectivity index (χ4v) is 4.29. The summed E-state index contributed by atoms with van der Waals surface area (Å²) >= 11 is 0. The van der Waals surface area contributed by atoms with Crippen LogP contribution in [-0.4, -0.2) is 33.0 Å². The summed E-state index contributed by atoms with van der Waals surface area (Å²) in [6.45, 7) is 11.0. The quantitative estimate of drug-likeness (QED) is 0.776. The Balaban J connectivity index is 2.51. The molecule has 0 saturated heterocycles. The summed E-state index contributed by atoms with van der Waals surface area (Å²) in [7, 11) is -0.824. The molecule has 108 valence electrons. The van der Waals surface area contributed by atoms with Crippen LogP contribution in [0.3, 0.4) is 0 Å². The highest BCUT2D eigenvalue weighted by Gasteiger charge is 2.66. The van der Waals surface area contributed by atoms with Crippen LogP contribution in [-0.2, 0) is 9.84 Å². The molecule has 0 bridgehead atoms. The van der Waals surface area contributed by atoms with Crippen LogP contribution in [0.2, 0.25) is 0 Å². The van der Waals surface area contributed by atoms with Crippen LogP contribution >= 0.6 is 0 Å². The van der Waals surface area contributed by atoms with Gasteiger partial charge in [-0.15, -0.1) is 0 Å². The van der Waals surface area contributed by atoms with E-state index in [-0.39, 0.29) is 5.75 Å². The zero-order chi connectivity index (χ0) is 14.2. The number of rotatable bonds is 7. The van der Waals surface area contributed by atoms with Gasteiger partial charge in [0.25, 0.3) is 0 Å². The number of nitrogens with one attached hydrogen (secondary N) is 1. The molecule has 1 saturated carbocycles. The highest BCUT2D eigenvalue weighted by molar-refractivity contribution is 7.91. The van der Waals surface area contributed by atoms with Crippen LogP contribution in [0.4, 0.5) is 0 Å². The third kappa shape index (κ3) is 2.90. The van der Waals surface area contributed by atoms with E-state index in [0.29, 0.717) is 28.5 Å². The third-order valence-electron chi connectivity index (χ3n) is 5.32. The Bertz CT molecular complexity index is 371. The van der Waals surface area contributed by atoms with Crippen molar-refractivity contribution in [2.24, 2.45) is 16.7 Å². The molecule has 1 atom stereocenters. The molecular formula is C14H29NO2S. The van der Waals surface area contributed by atoms with Crippen LogP contribution in [0.25, 0.3) is 0 Å². The Morgan fingerprint density at radius 3 is 2.00 bits per heavy atom. The molecule has 0 aromatic heterocycles. The molecule has 0 radical (unpaired) electrons. The molecular weight excluding hydrogens is 246 g/mol. The van der Waals surface area contributed by atoms with Crippen LogP contribution in [0.15, 0.2) is 0 Å². The molecule has 1 rings (SSSR count).